The SMILES string of the molecule is CCOC(=O)N1CCN(C(=O)OCC)C1=S.Cl. The first-order chi connectivity index (χ1) is 7.61. The van der Waals surface area contributed by atoms with Crippen LogP contribution in [0.25, 0.3) is 0 Å². The fourth-order valence-corrected chi connectivity index (χ4v) is 1.61. The second-order valence-corrected chi connectivity index (χ2v) is 3.35. The minimum atomic E-state index is -0.528. The average molecular weight is 283 g/mol. The highest BCUT2D eigenvalue weighted by Crippen LogP contribution is 2.12. The van der Waals surface area contributed by atoms with Gasteiger partial charge < -0.3 is 9.47 Å². The van der Waals surface area contributed by atoms with Crippen molar-refractivity contribution in [3.8, 4) is 0 Å². The zero-order valence-electron chi connectivity index (χ0n) is 9.67. The number of nitrogens with zero attached hydrogens (tertiary/aromatic N) is 2. The summed E-state index contributed by atoms with van der Waals surface area (Å²) in [5, 5.41) is 0.136. The lowest BCUT2D eigenvalue weighted by Gasteiger charge is -2.17. The summed E-state index contributed by atoms with van der Waals surface area (Å²) < 4.78 is 9.61. The molecule has 0 radical (unpaired) electrons. The Morgan fingerprint density at radius 2 is 1.47 bits per heavy atom. The molecule has 0 aromatic rings. The fraction of sp³-hybridized carbons (Fsp3) is 0.667. The summed E-state index contributed by atoms with van der Waals surface area (Å²) >= 11 is 4.99. The molecule has 0 saturated carbocycles. The van der Waals surface area contributed by atoms with Crippen LogP contribution in [0.5, 0.6) is 0 Å². The Kier molecular flexibility index (Phi) is 6.82. The highest BCUT2D eigenvalue weighted by Gasteiger charge is 2.35. The smallest absolute Gasteiger partial charge is 0.416 e. The maximum absolute atomic E-state index is 11.4. The van der Waals surface area contributed by atoms with E-state index in [9.17, 15) is 9.59 Å². The molecule has 1 aliphatic rings. The summed E-state index contributed by atoms with van der Waals surface area (Å²) in [6.45, 7) is 4.65. The summed E-state index contributed by atoms with van der Waals surface area (Å²) in [5.74, 6) is 0. The molecule has 98 valence electrons. The molecule has 0 aromatic carbocycles. The summed E-state index contributed by atoms with van der Waals surface area (Å²) in [5.41, 5.74) is 0. The Morgan fingerprint density at radius 3 is 1.76 bits per heavy atom. The van der Waals surface area contributed by atoms with E-state index in [-0.39, 0.29) is 30.7 Å². The van der Waals surface area contributed by atoms with E-state index < -0.39 is 12.2 Å². The van der Waals surface area contributed by atoms with Crippen LogP contribution in [0, 0.1) is 0 Å². The molecular weight excluding hydrogens is 268 g/mol. The standard InChI is InChI=1S/C9H14N2O4S.ClH/c1-3-14-8(12)10-5-6-11(7(10)16)9(13)15-4-2;/h3-6H2,1-2H3;1H. The first kappa shape index (κ1) is 15.9. The molecule has 1 heterocycles. The molecule has 0 aliphatic carbocycles. The van der Waals surface area contributed by atoms with Gasteiger partial charge in [0.2, 0.25) is 0 Å². The number of carbonyl (C=O) groups is 2. The molecule has 1 rings (SSSR count). The van der Waals surface area contributed by atoms with E-state index in [1.807, 2.05) is 0 Å². The van der Waals surface area contributed by atoms with Gasteiger partial charge in [-0.3, -0.25) is 9.80 Å². The van der Waals surface area contributed by atoms with Crippen LogP contribution in [0.4, 0.5) is 9.59 Å². The van der Waals surface area contributed by atoms with Crippen LogP contribution in [0.1, 0.15) is 13.8 Å². The molecule has 8 heteroatoms. The van der Waals surface area contributed by atoms with Crippen molar-refractivity contribution in [2.75, 3.05) is 26.3 Å². The molecule has 0 bridgehead atoms. The van der Waals surface area contributed by atoms with Crippen molar-refractivity contribution >= 4 is 41.9 Å². The van der Waals surface area contributed by atoms with Gasteiger partial charge in [-0.25, -0.2) is 9.59 Å². The highest BCUT2D eigenvalue weighted by molar-refractivity contribution is 7.80. The number of amides is 2. The monoisotopic (exact) mass is 282 g/mol. The number of ether oxygens (including phenoxy) is 2. The molecule has 6 nitrogen and oxygen atoms in total. The number of carbonyl (C=O) groups excluding carboxylic acids is 2. The molecule has 0 aromatic heterocycles. The number of hydrogen-bond donors (Lipinski definition) is 0. The first-order valence-corrected chi connectivity index (χ1v) is 5.45. The van der Waals surface area contributed by atoms with E-state index in [4.69, 9.17) is 21.7 Å². The van der Waals surface area contributed by atoms with E-state index in [0.29, 0.717) is 13.1 Å². The van der Waals surface area contributed by atoms with E-state index in [2.05, 4.69) is 0 Å². The Bertz CT molecular complexity index is 285. The van der Waals surface area contributed by atoms with Crippen LogP contribution in [0.3, 0.4) is 0 Å². The van der Waals surface area contributed by atoms with Crippen molar-refractivity contribution in [1.29, 1.82) is 0 Å². The lowest BCUT2D eigenvalue weighted by Crippen LogP contribution is -2.39. The Labute approximate surface area is 111 Å². The quantitative estimate of drug-likeness (QED) is 0.721. The van der Waals surface area contributed by atoms with Gasteiger partial charge in [0.05, 0.1) is 13.2 Å². The zero-order valence-corrected chi connectivity index (χ0v) is 11.3. The van der Waals surface area contributed by atoms with E-state index in [1.165, 1.54) is 9.80 Å². The number of hydrogen-bond acceptors (Lipinski definition) is 5. The molecule has 2 amide bonds. The molecule has 17 heavy (non-hydrogen) atoms. The van der Waals surface area contributed by atoms with Crippen molar-refractivity contribution in [3.05, 3.63) is 0 Å². The van der Waals surface area contributed by atoms with Gasteiger partial charge in [0.1, 0.15) is 0 Å². The molecule has 1 aliphatic heterocycles. The van der Waals surface area contributed by atoms with Crippen LogP contribution >= 0.6 is 24.6 Å². The van der Waals surface area contributed by atoms with Crippen LogP contribution in [-0.4, -0.2) is 53.4 Å². The van der Waals surface area contributed by atoms with Gasteiger partial charge in [0.25, 0.3) is 0 Å². The van der Waals surface area contributed by atoms with Crippen molar-refractivity contribution in [1.82, 2.24) is 9.80 Å². The minimum absolute atomic E-state index is 0. The Hall–Kier alpha value is -1.08. The second kappa shape index (κ2) is 7.29. The third kappa shape index (κ3) is 3.71. The van der Waals surface area contributed by atoms with Crippen molar-refractivity contribution in [2.45, 2.75) is 13.8 Å². The molecule has 0 spiro atoms. The topological polar surface area (TPSA) is 59.1 Å². The van der Waals surface area contributed by atoms with Gasteiger partial charge in [0.15, 0.2) is 5.11 Å². The summed E-state index contributed by atoms with van der Waals surface area (Å²) in [7, 11) is 0. The van der Waals surface area contributed by atoms with Crippen LogP contribution in [0.15, 0.2) is 0 Å². The van der Waals surface area contributed by atoms with Crippen LogP contribution in [-0.2, 0) is 9.47 Å². The first-order valence-electron chi connectivity index (χ1n) is 5.04. The lowest BCUT2D eigenvalue weighted by atomic mass is 10.6. The number of halogens is 1. The average Bonchev–Trinajstić information content (AvgIpc) is 2.61. The van der Waals surface area contributed by atoms with Crippen molar-refractivity contribution in [2.24, 2.45) is 0 Å². The van der Waals surface area contributed by atoms with E-state index in [1.54, 1.807) is 13.8 Å². The zero-order chi connectivity index (χ0) is 12.1. The van der Waals surface area contributed by atoms with Gasteiger partial charge in [-0.1, -0.05) is 0 Å². The maximum atomic E-state index is 11.4. The molecular formula is C9H15ClN2O4S. The Morgan fingerprint density at radius 1 is 1.12 bits per heavy atom. The van der Waals surface area contributed by atoms with Gasteiger partial charge in [0, 0.05) is 13.1 Å². The minimum Gasteiger partial charge on any atom is -0.449 e. The van der Waals surface area contributed by atoms with E-state index in [0.717, 1.165) is 0 Å². The number of rotatable bonds is 2. The molecule has 0 atom stereocenters. The van der Waals surface area contributed by atoms with Gasteiger partial charge in [-0.05, 0) is 26.1 Å². The van der Waals surface area contributed by atoms with Gasteiger partial charge in [-0.15, -0.1) is 12.4 Å². The summed E-state index contributed by atoms with van der Waals surface area (Å²) in [6.07, 6.45) is -1.06. The van der Waals surface area contributed by atoms with Gasteiger partial charge >= 0.3 is 12.2 Å². The number of thiocarbonyl (C=S) groups is 1. The van der Waals surface area contributed by atoms with Crippen LogP contribution < -0.4 is 0 Å². The molecule has 1 fully saturated rings. The predicted molar refractivity (Wildman–Crippen MR) is 67.3 cm³/mol. The molecule has 1 saturated heterocycles. The summed E-state index contributed by atoms with van der Waals surface area (Å²) in [4.78, 5) is 25.3. The largest absolute Gasteiger partial charge is 0.449 e. The van der Waals surface area contributed by atoms with Crippen LogP contribution in [0.2, 0.25) is 0 Å². The normalized spacial score (nSPS) is 14.4. The maximum Gasteiger partial charge on any atom is 0.416 e. The molecule has 0 unspecified atom stereocenters. The summed E-state index contributed by atoms with van der Waals surface area (Å²) in [6, 6.07) is 0. The Balaban J connectivity index is 0.00000256. The van der Waals surface area contributed by atoms with Gasteiger partial charge in [-0.2, -0.15) is 0 Å². The third-order valence-electron chi connectivity index (χ3n) is 1.99. The van der Waals surface area contributed by atoms with E-state index >= 15 is 0 Å². The third-order valence-corrected chi connectivity index (χ3v) is 2.43. The predicted octanol–water partition coefficient (Wildman–Crippen LogP) is 1.62. The second-order valence-electron chi connectivity index (χ2n) is 2.98. The van der Waals surface area contributed by atoms with Crippen molar-refractivity contribution in [3.63, 3.8) is 0 Å². The highest BCUT2D eigenvalue weighted by atomic mass is 35.5. The lowest BCUT2D eigenvalue weighted by molar-refractivity contribution is 0.130. The van der Waals surface area contributed by atoms with Crippen molar-refractivity contribution < 1.29 is 19.1 Å². The molecule has 0 N–H and O–H groups in total. The fourth-order valence-electron chi connectivity index (χ4n) is 1.28.